The fourth-order valence-electron chi connectivity index (χ4n) is 5.99. The Kier molecular flexibility index (Phi) is 5.43. The molecule has 0 saturated heterocycles. The van der Waals surface area contributed by atoms with Gasteiger partial charge in [0.1, 0.15) is 22.3 Å². The predicted molar refractivity (Wildman–Crippen MR) is 176 cm³/mol. The zero-order valence-corrected chi connectivity index (χ0v) is 23.4. The molecule has 0 fully saturated rings. The van der Waals surface area contributed by atoms with Crippen molar-refractivity contribution in [1.29, 1.82) is 0 Å². The summed E-state index contributed by atoms with van der Waals surface area (Å²) >= 11 is 0. The van der Waals surface area contributed by atoms with Gasteiger partial charge in [0.05, 0.1) is 5.56 Å². The van der Waals surface area contributed by atoms with E-state index in [4.69, 9.17) is 23.8 Å². The van der Waals surface area contributed by atoms with Crippen LogP contribution in [0.3, 0.4) is 0 Å². The molecule has 5 heteroatoms. The molecule has 0 aliphatic heterocycles. The molecule has 206 valence electrons. The van der Waals surface area contributed by atoms with Gasteiger partial charge in [0, 0.05) is 32.7 Å². The molecule has 9 rings (SSSR count). The van der Waals surface area contributed by atoms with E-state index < -0.39 is 0 Å². The van der Waals surface area contributed by atoms with Crippen molar-refractivity contribution in [2.75, 3.05) is 0 Å². The van der Waals surface area contributed by atoms with Gasteiger partial charge in [0.25, 0.3) is 0 Å². The Morgan fingerprint density at radius 1 is 0.341 bits per heavy atom. The minimum absolute atomic E-state index is 0.569. The molecule has 3 aromatic heterocycles. The number of benzene rings is 6. The van der Waals surface area contributed by atoms with E-state index in [9.17, 15) is 0 Å². The summed E-state index contributed by atoms with van der Waals surface area (Å²) in [6.07, 6.45) is 0. The molecule has 6 aromatic carbocycles. The molecule has 0 amide bonds. The van der Waals surface area contributed by atoms with Gasteiger partial charge in [0.15, 0.2) is 17.5 Å². The maximum atomic E-state index is 6.52. The van der Waals surface area contributed by atoms with Gasteiger partial charge in [-0.25, -0.2) is 15.0 Å². The van der Waals surface area contributed by atoms with Crippen molar-refractivity contribution >= 4 is 43.9 Å². The average molecular weight is 566 g/mol. The third kappa shape index (κ3) is 3.98. The maximum Gasteiger partial charge on any atom is 0.167 e. The fraction of sp³-hybridized carbons (Fsp3) is 0. The fourth-order valence-corrected chi connectivity index (χ4v) is 5.99. The second-order valence-corrected chi connectivity index (χ2v) is 10.8. The van der Waals surface area contributed by atoms with Crippen LogP contribution in [0.1, 0.15) is 0 Å². The van der Waals surface area contributed by atoms with Crippen LogP contribution in [-0.2, 0) is 0 Å². The topological polar surface area (TPSA) is 65.0 Å². The molecule has 0 saturated carbocycles. The molecule has 0 aliphatic carbocycles. The maximum absolute atomic E-state index is 6.52. The van der Waals surface area contributed by atoms with Crippen LogP contribution in [0, 0.1) is 0 Å². The van der Waals surface area contributed by atoms with Gasteiger partial charge in [-0.2, -0.15) is 0 Å². The van der Waals surface area contributed by atoms with Crippen molar-refractivity contribution in [3.05, 3.63) is 140 Å². The molecular formula is C39H23N3O2. The molecule has 44 heavy (non-hydrogen) atoms. The van der Waals surface area contributed by atoms with Crippen LogP contribution >= 0.6 is 0 Å². The Hall–Kier alpha value is -6.07. The minimum atomic E-state index is 0.569. The first-order valence-corrected chi connectivity index (χ1v) is 14.5. The first-order chi connectivity index (χ1) is 21.8. The third-order valence-electron chi connectivity index (χ3n) is 8.15. The molecule has 0 aliphatic rings. The van der Waals surface area contributed by atoms with Crippen LogP contribution in [0.25, 0.3) is 89.2 Å². The van der Waals surface area contributed by atoms with Gasteiger partial charge < -0.3 is 8.83 Å². The van der Waals surface area contributed by atoms with Crippen molar-refractivity contribution in [3.63, 3.8) is 0 Å². The second-order valence-electron chi connectivity index (χ2n) is 10.8. The summed E-state index contributed by atoms with van der Waals surface area (Å²) in [5.41, 5.74) is 8.25. The molecular weight excluding hydrogens is 542 g/mol. The number of rotatable bonds is 4. The van der Waals surface area contributed by atoms with E-state index in [2.05, 4.69) is 42.5 Å². The highest BCUT2D eigenvalue weighted by molar-refractivity contribution is 6.11. The molecule has 5 nitrogen and oxygen atoms in total. The molecule has 9 aromatic rings. The molecule has 0 unspecified atom stereocenters. The summed E-state index contributed by atoms with van der Waals surface area (Å²) in [7, 11) is 0. The minimum Gasteiger partial charge on any atom is -0.456 e. The normalized spacial score (nSPS) is 11.6. The number of aromatic nitrogens is 3. The number of fused-ring (bicyclic) bond motifs is 6. The summed E-state index contributed by atoms with van der Waals surface area (Å²) in [6, 6.07) is 47.0. The summed E-state index contributed by atoms with van der Waals surface area (Å²) in [6.45, 7) is 0. The number of furan rings is 2. The highest BCUT2D eigenvalue weighted by atomic mass is 16.3. The van der Waals surface area contributed by atoms with Gasteiger partial charge in [-0.3, -0.25) is 0 Å². The van der Waals surface area contributed by atoms with Gasteiger partial charge >= 0.3 is 0 Å². The van der Waals surface area contributed by atoms with E-state index in [0.717, 1.165) is 71.7 Å². The predicted octanol–water partition coefficient (Wildman–Crippen LogP) is 10.3. The van der Waals surface area contributed by atoms with Crippen molar-refractivity contribution in [2.24, 2.45) is 0 Å². The van der Waals surface area contributed by atoms with Crippen LogP contribution in [0.4, 0.5) is 0 Å². The Morgan fingerprint density at radius 2 is 0.864 bits per heavy atom. The largest absolute Gasteiger partial charge is 0.456 e. The van der Waals surface area contributed by atoms with Gasteiger partial charge in [-0.15, -0.1) is 0 Å². The quantitative estimate of drug-likeness (QED) is 0.212. The summed E-state index contributed by atoms with van der Waals surface area (Å²) < 4.78 is 12.6. The Bertz CT molecular complexity index is 2440. The molecule has 0 N–H and O–H groups in total. The van der Waals surface area contributed by atoms with E-state index in [1.54, 1.807) is 0 Å². The van der Waals surface area contributed by atoms with Gasteiger partial charge in [0.2, 0.25) is 0 Å². The third-order valence-corrected chi connectivity index (χ3v) is 8.15. The van der Waals surface area contributed by atoms with Crippen molar-refractivity contribution < 1.29 is 8.83 Å². The first-order valence-electron chi connectivity index (χ1n) is 14.5. The number of hydrogen-bond acceptors (Lipinski definition) is 5. The molecule has 0 radical (unpaired) electrons. The monoisotopic (exact) mass is 565 g/mol. The van der Waals surface area contributed by atoms with Gasteiger partial charge in [-0.05, 0) is 47.5 Å². The lowest BCUT2D eigenvalue weighted by atomic mass is 10.0. The van der Waals surface area contributed by atoms with Crippen LogP contribution in [0.2, 0.25) is 0 Å². The average Bonchev–Trinajstić information content (AvgIpc) is 3.66. The lowest BCUT2D eigenvalue weighted by molar-refractivity contribution is 0.668. The Labute approximate surface area is 252 Å². The number of nitrogens with zero attached hydrogens (tertiary/aromatic N) is 3. The summed E-state index contributed by atoms with van der Waals surface area (Å²) in [4.78, 5) is 14.7. The van der Waals surface area contributed by atoms with Crippen LogP contribution in [0.15, 0.2) is 148 Å². The zero-order chi connectivity index (χ0) is 29.0. The molecule has 0 spiro atoms. The number of para-hydroxylation sites is 2. The highest BCUT2D eigenvalue weighted by Crippen LogP contribution is 2.38. The van der Waals surface area contributed by atoms with E-state index in [0.29, 0.717) is 17.5 Å². The standard InChI is InChI=1S/C39H23N3O2/c1-3-10-24(11-4-1)37-40-38(25-12-5-2-6-13-25)42-39(41-37)30-16-9-15-29-32-23-27(19-21-35(32)44-36(29)30)26-18-20-34-31(22-26)28-14-7-8-17-33(28)43-34/h1-23H. The Morgan fingerprint density at radius 3 is 1.55 bits per heavy atom. The van der Waals surface area contributed by atoms with E-state index in [1.165, 1.54) is 0 Å². The summed E-state index contributed by atoms with van der Waals surface area (Å²) in [5, 5.41) is 4.27. The lowest BCUT2D eigenvalue weighted by Gasteiger charge is -2.08. The van der Waals surface area contributed by atoms with Gasteiger partial charge in [-0.1, -0.05) is 103 Å². The smallest absolute Gasteiger partial charge is 0.167 e. The molecule has 0 bridgehead atoms. The van der Waals surface area contributed by atoms with Crippen LogP contribution < -0.4 is 0 Å². The highest BCUT2D eigenvalue weighted by Gasteiger charge is 2.18. The van der Waals surface area contributed by atoms with E-state index in [-0.39, 0.29) is 0 Å². The van der Waals surface area contributed by atoms with Crippen molar-refractivity contribution in [3.8, 4) is 45.3 Å². The van der Waals surface area contributed by atoms with Crippen LogP contribution in [0.5, 0.6) is 0 Å². The van der Waals surface area contributed by atoms with Crippen molar-refractivity contribution in [1.82, 2.24) is 15.0 Å². The number of hydrogen-bond donors (Lipinski definition) is 0. The lowest BCUT2D eigenvalue weighted by Crippen LogP contribution is -2.00. The first kappa shape index (κ1) is 24.5. The zero-order valence-electron chi connectivity index (χ0n) is 23.4. The van der Waals surface area contributed by atoms with E-state index in [1.807, 2.05) is 97.1 Å². The Balaban J connectivity index is 1.21. The summed E-state index contributed by atoms with van der Waals surface area (Å²) in [5.74, 6) is 1.80. The SMILES string of the molecule is c1ccc(-c2nc(-c3ccccc3)nc(-c3cccc4c3oc3ccc(-c5ccc6oc7ccccc7c6c5)cc34)n2)cc1. The molecule has 0 atom stereocenters. The molecule has 3 heterocycles. The van der Waals surface area contributed by atoms with Crippen LogP contribution in [-0.4, -0.2) is 15.0 Å². The second kappa shape index (κ2) is 9.75. The van der Waals surface area contributed by atoms with Crippen molar-refractivity contribution in [2.45, 2.75) is 0 Å². The van der Waals surface area contributed by atoms with E-state index >= 15 is 0 Å².